The van der Waals surface area contributed by atoms with Crippen molar-refractivity contribution in [1.29, 1.82) is 0 Å². The van der Waals surface area contributed by atoms with E-state index in [0.717, 1.165) is 78.5 Å². The van der Waals surface area contributed by atoms with Crippen LogP contribution in [0.15, 0.2) is 91.3 Å². The first-order valence-corrected chi connectivity index (χ1v) is 17.4. The van der Waals surface area contributed by atoms with Gasteiger partial charge >= 0.3 is 5.97 Å². The summed E-state index contributed by atoms with van der Waals surface area (Å²) in [4.78, 5) is 36.4. The van der Waals surface area contributed by atoms with Crippen LogP contribution in [0.3, 0.4) is 0 Å². The molecule has 3 heterocycles. The number of anilines is 1. The number of carbonyl (C=O) groups excluding carboxylic acids is 1. The van der Waals surface area contributed by atoms with Crippen molar-refractivity contribution >= 4 is 17.8 Å². The van der Waals surface area contributed by atoms with Gasteiger partial charge in [-0.1, -0.05) is 66.7 Å². The molecule has 0 aliphatic carbocycles. The fourth-order valence-electron chi connectivity index (χ4n) is 6.45. The summed E-state index contributed by atoms with van der Waals surface area (Å²) in [6, 6.07) is 26.1. The molecule has 3 atom stereocenters. The third kappa shape index (κ3) is 9.72. The Morgan fingerprint density at radius 3 is 2.24 bits per heavy atom. The number of amides is 1. The van der Waals surface area contributed by atoms with Gasteiger partial charge in [-0.25, -0.2) is 9.97 Å². The van der Waals surface area contributed by atoms with Gasteiger partial charge in [0.05, 0.1) is 18.8 Å². The Morgan fingerprint density at radius 2 is 1.52 bits per heavy atom. The third-order valence-corrected chi connectivity index (χ3v) is 9.26. The Balaban J connectivity index is 1.09. The van der Waals surface area contributed by atoms with Crippen molar-refractivity contribution in [3.8, 4) is 11.1 Å². The Bertz CT molecular complexity index is 1680. The SMILES string of the molecule is O=C(O)CCCCC(=O)NCc1cccc(-c2ccc(C3OC(CN4CCN(c5ncccn5)CC4)CC(c4ccc(CO)cc4)O3)cc2)c1. The summed E-state index contributed by atoms with van der Waals surface area (Å²) in [7, 11) is 0. The number of ether oxygens (including phenoxy) is 2. The number of carbonyl (C=O) groups is 2. The number of aliphatic carboxylic acids is 1. The lowest BCUT2D eigenvalue weighted by atomic mass is 9.98. The zero-order valence-electron chi connectivity index (χ0n) is 28.2. The van der Waals surface area contributed by atoms with Gasteiger partial charge in [0.2, 0.25) is 11.9 Å². The fourth-order valence-corrected chi connectivity index (χ4v) is 6.45. The second-order valence-electron chi connectivity index (χ2n) is 12.9. The Kier molecular flexibility index (Phi) is 12.2. The maximum Gasteiger partial charge on any atom is 0.303 e. The van der Waals surface area contributed by atoms with E-state index in [9.17, 15) is 14.7 Å². The minimum Gasteiger partial charge on any atom is -0.481 e. The van der Waals surface area contributed by atoms with Gasteiger partial charge in [-0.3, -0.25) is 14.5 Å². The molecule has 3 unspecified atom stereocenters. The molecule has 0 radical (unpaired) electrons. The topological polar surface area (TPSA) is 137 Å². The van der Waals surface area contributed by atoms with Crippen LogP contribution in [-0.2, 0) is 32.2 Å². The molecular weight excluding hydrogens is 634 g/mol. The Morgan fingerprint density at radius 1 is 0.800 bits per heavy atom. The molecule has 1 aromatic heterocycles. The zero-order chi connectivity index (χ0) is 34.7. The second kappa shape index (κ2) is 17.3. The smallest absolute Gasteiger partial charge is 0.303 e. The van der Waals surface area contributed by atoms with Gasteiger partial charge in [-0.05, 0) is 52.8 Å². The summed E-state index contributed by atoms with van der Waals surface area (Å²) in [5.41, 5.74) is 5.93. The van der Waals surface area contributed by atoms with E-state index in [1.54, 1.807) is 12.4 Å². The number of hydrogen-bond acceptors (Lipinski definition) is 9. The average Bonchev–Trinajstić information content (AvgIpc) is 3.16. The van der Waals surface area contributed by atoms with Crippen LogP contribution in [0.1, 0.15) is 66.8 Å². The van der Waals surface area contributed by atoms with Gasteiger partial charge in [0.25, 0.3) is 0 Å². The Labute approximate surface area is 292 Å². The lowest BCUT2D eigenvalue weighted by Gasteiger charge is -2.40. The number of rotatable bonds is 14. The van der Waals surface area contributed by atoms with Crippen molar-refractivity contribution in [2.75, 3.05) is 37.6 Å². The number of unbranched alkanes of at least 4 members (excludes halogenated alkanes) is 1. The van der Waals surface area contributed by atoms with Gasteiger partial charge in [-0.15, -0.1) is 0 Å². The van der Waals surface area contributed by atoms with Gasteiger partial charge in [0.15, 0.2) is 6.29 Å². The van der Waals surface area contributed by atoms with E-state index in [1.165, 1.54) is 0 Å². The molecule has 1 amide bonds. The lowest BCUT2D eigenvalue weighted by molar-refractivity contribution is -0.253. The summed E-state index contributed by atoms with van der Waals surface area (Å²) in [6.07, 6.45) is 4.98. The normalized spacial score (nSPS) is 19.6. The number of benzene rings is 3. The highest BCUT2D eigenvalue weighted by molar-refractivity contribution is 5.76. The number of aliphatic hydroxyl groups is 1. The molecule has 2 saturated heterocycles. The number of aliphatic hydroxyl groups excluding tert-OH is 1. The molecule has 3 aromatic carbocycles. The van der Waals surface area contributed by atoms with Crippen LogP contribution < -0.4 is 10.2 Å². The molecule has 2 aliphatic heterocycles. The molecule has 2 fully saturated rings. The molecule has 11 nitrogen and oxygen atoms in total. The van der Waals surface area contributed by atoms with Crippen LogP contribution in [0, 0.1) is 0 Å². The van der Waals surface area contributed by atoms with Crippen LogP contribution in [0.25, 0.3) is 11.1 Å². The van der Waals surface area contributed by atoms with Gasteiger partial charge in [0, 0.05) is 76.5 Å². The van der Waals surface area contributed by atoms with Gasteiger partial charge < -0.3 is 29.9 Å². The third-order valence-electron chi connectivity index (χ3n) is 9.26. The minimum absolute atomic E-state index is 0.000237. The van der Waals surface area contributed by atoms with Crippen LogP contribution in [-0.4, -0.2) is 75.8 Å². The number of piperazine rings is 1. The molecule has 0 saturated carbocycles. The first-order valence-electron chi connectivity index (χ1n) is 17.4. The molecule has 0 spiro atoms. The number of hydrogen-bond donors (Lipinski definition) is 3. The maximum atomic E-state index is 12.2. The first kappa shape index (κ1) is 35.2. The maximum absolute atomic E-state index is 12.2. The summed E-state index contributed by atoms with van der Waals surface area (Å²) in [5, 5.41) is 21.3. The van der Waals surface area contributed by atoms with Gasteiger partial charge in [0.1, 0.15) is 0 Å². The number of nitrogens with zero attached hydrogens (tertiary/aromatic N) is 4. The molecule has 0 bridgehead atoms. The summed E-state index contributed by atoms with van der Waals surface area (Å²) < 4.78 is 13.2. The summed E-state index contributed by atoms with van der Waals surface area (Å²) >= 11 is 0. The van der Waals surface area contributed by atoms with E-state index in [1.807, 2.05) is 48.5 Å². The van der Waals surface area contributed by atoms with Crippen molar-refractivity contribution in [2.45, 2.75) is 63.8 Å². The predicted octanol–water partition coefficient (Wildman–Crippen LogP) is 5.26. The lowest BCUT2D eigenvalue weighted by Crippen LogP contribution is -2.50. The van der Waals surface area contributed by atoms with Gasteiger partial charge in [-0.2, -0.15) is 0 Å². The van der Waals surface area contributed by atoms with E-state index in [2.05, 4.69) is 55.4 Å². The molecule has 11 heteroatoms. The largest absolute Gasteiger partial charge is 0.481 e. The quantitative estimate of drug-likeness (QED) is 0.151. The first-order chi connectivity index (χ1) is 24.4. The van der Waals surface area contributed by atoms with E-state index < -0.39 is 12.3 Å². The molecular formula is C39H45N5O6. The monoisotopic (exact) mass is 679 g/mol. The molecule has 4 aromatic rings. The van der Waals surface area contributed by atoms with Crippen molar-refractivity contribution < 1.29 is 29.3 Å². The van der Waals surface area contributed by atoms with Crippen LogP contribution in [0.4, 0.5) is 5.95 Å². The fraction of sp³-hybridized carbons (Fsp3) is 0.385. The molecule has 2 aliphatic rings. The van der Waals surface area contributed by atoms with Crippen LogP contribution in [0.2, 0.25) is 0 Å². The number of carboxylic acid groups (broad SMARTS) is 1. The van der Waals surface area contributed by atoms with E-state index >= 15 is 0 Å². The number of nitrogens with one attached hydrogen (secondary N) is 1. The minimum atomic E-state index is -0.840. The van der Waals surface area contributed by atoms with E-state index in [0.29, 0.717) is 25.8 Å². The number of aromatic nitrogens is 2. The van der Waals surface area contributed by atoms with E-state index in [4.69, 9.17) is 14.6 Å². The van der Waals surface area contributed by atoms with Crippen molar-refractivity contribution in [3.63, 3.8) is 0 Å². The van der Waals surface area contributed by atoms with Crippen molar-refractivity contribution in [1.82, 2.24) is 20.2 Å². The number of carboxylic acids is 1. The van der Waals surface area contributed by atoms with Crippen LogP contribution >= 0.6 is 0 Å². The Hall–Kier alpha value is -4.68. The highest BCUT2D eigenvalue weighted by Crippen LogP contribution is 2.39. The van der Waals surface area contributed by atoms with Crippen molar-refractivity contribution in [2.24, 2.45) is 0 Å². The summed E-state index contributed by atoms with van der Waals surface area (Å²) in [5.74, 6) is -0.152. The highest BCUT2D eigenvalue weighted by Gasteiger charge is 2.34. The predicted molar refractivity (Wildman–Crippen MR) is 189 cm³/mol. The average molecular weight is 680 g/mol. The molecule has 3 N–H and O–H groups in total. The standard InChI is InChI=1S/C39H45N5O6/c45-27-28-9-11-31(12-10-28)35-24-34(26-43-19-21-44(22-20-43)39-40-17-4-18-41-39)49-38(50-35)32-15-13-30(14-16-32)33-6-3-5-29(23-33)25-42-36(46)7-1-2-8-37(47)48/h3-6,9-18,23,34-35,38,45H,1-2,7-8,19-22,24-27H2,(H,42,46)(H,47,48). The zero-order valence-corrected chi connectivity index (χ0v) is 28.2. The molecule has 50 heavy (non-hydrogen) atoms. The van der Waals surface area contributed by atoms with Crippen LogP contribution in [0.5, 0.6) is 0 Å². The molecule has 6 rings (SSSR count). The van der Waals surface area contributed by atoms with E-state index in [-0.39, 0.29) is 31.1 Å². The molecule has 262 valence electrons. The highest BCUT2D eigenvalue weighted by atomic mass is 16.7. The second-order valence-corrected chi connectivity index (χ2v) is 12.9. The van der Waals surface area contributed by atoms with Crippen molar-refractivity contribution in [3.05, 3.63) is 114 Å². The summed E-state index contributed by atoms with van der Waals surface area (Å²) in [6.45, 7) is 4.69.